The van der Waals surface area contributed by atoms with Crippen LogP contribution in [0.2, 0.25) is 0 Å². The van der Waals surface area contributed by atoms with Gasteiger partial charge in [-0.25, -0.2) is 4.39 Å². The number of halogens is 2. The lowest BCUT2D eigenvalue weighted by Gasteiger charge is -2.22. The summed E-state index contributed by atoms with van der Waals surface area (Å²) in [6.45, 7) is 0. The van der Waals surface area contributed by atoms with Crippen LogP contribution < -0.4 is 5.32 Å². The minimum atomic E-state index is -0.322. The Morgan fingerprint density at radius 1 is 1.33 bits per heavy atom. The quantitative estimate of drug-likeness (QED) is 0.908. The number of amides is 1. The molecule has 0 aliphatic heterocycles. The van der Waals surface area contributed by atoms with Crippen molar-refractivity contribution in [3.63, 3.8) is 0 Å². The highest BCUT2D eigenvalue weighted by Gasteiger charge is 2.16. The van der Waals surface area contributed by atoms with Gasteiger partial charge in [-0.2, -0.15) is 0 Å². The Morgan fingerprint density at radius 2 is 2.06 bits per heavy atom. The van der Waals surface area contributed by atoms with Crippen molar-refractivity contribution in [3.05, 3.63) is 34.1 Å². The molecule has 0 bridgehead atoms. The Balaban J connectivity index is 1.92. The molecule has 1 saturated carbocycles. The fraction of sp³-hybridized carbons (Fsp3) is 0.500. The van der Waals surface area contributed by atoms with Gasteiger partial charge in [0.2, 0.25) is 5.91 Å². The molecule has 0 spiro atoms. The second-order valence-electron chi connectivity index (χ2n) is 4.81. The molecule has 1 fully saturated rings. The van der Waals surface area contributed by atoms with Crippen LogP contribution in [0.5, 0.6) is 0 Å². The maximum atomic E-state index is 13.5. The van der Waals surface area contributed by atoms with E-state index in [0.29, 0.717) is 5.56 Å². The van der Waals surface area contributed by atoms with Crippen molar-refractivity contribution in [1.29, 1.82) is 0 Å². The topological polar surface area (TPSA) is 29.1 Å². The molecule has 0 aromatic heterocycles. The number of carbonyl (C=O) groups excluding carboxylic acids is 1. The molecule has 1 N–H and O–H groups in total. The van der Waals surface area contributed by atoms with Gasteiger partial charge < -0.3 is 5.32 Å². The molecular formula is C14H17BrFNO. The Morgan fingerprint density at radius 3 is 2.78 bits per heavy atom. The van der Waals surface area contributed by atoms with Gasteiger partial charge in [0, 0.05) is 10.5 Å². The van der Waals surface area contributed by atoms with Crippen molar-refractivity contribution in [2.24, 2.45) is 0 Å². The summed E-state index contributed by atoms with van der Waals surface area (Å²) < 4.78 is 14.3. The second-order valence-corrected chi connectivity index (χ2v) is 5.73. The third-order valence-electron chi connectivity index (χ3n) is 3.33. The summed E-state index contributed by atoms with van der Waals surface area (Å²) in [7, 11) is 0. The summed E-state index contributed by atoms with van der Waals surface area (Å²) in [4.78, 5) is 11.9. The van der Waals surface area contributed by atoms with Crippen LogP contribution in [0.3, 0.4) is 0 Å². The van der Waals surface area contributed by atoms with Gasteiger partial charge in [-0.05, 0) is 36.6 Å². The summed E-state index contributed by atoms with van der Waals surface area (Å²) in [6.07, 6.45) is 5.82. The lowest BCUT2D eigenvalue weighted by molar-refractivity contribution is -0.121. The average molecular weight is 314 g/mol. The molecule has 1 aromatic rings. The van der Waals surface area contributed by atoms with E-state index in [0.717, 1.165) is 17.3 Å². The fourth-order valence-corrected chi connectivity index (χ4v) is 2.79. The van der Waals surface area contributed by atoms with Gasteiger partial charge in [-0.15, -0.1) is 0 Å². The van der Waals surface area contributed by atoms with Gasteiger partial charge in [0.25, 0.3) is 0 Å². The van der Waals surface area contributed by atoms with Gasteiger partial charge in [0.15, 0.2) is 0 Å². The molecule has 0 atom stereocenters. The molecule has 1 aliphatic rings. The first-order valence-corrected chi connectivity index (χ1v) is 7.18. The van der Waals surface area contributed by atoms with E-state index in [1.807, 2.05) is 0 Å². The SMILES string of the molecule is O=C(Cc1cc(Br)ccc1F)NC1CCCCC1. The third kappa shape index (κ3) is 3.80. The van der Waals surface area contributed by atoms with E-state index in [4.69, 9.17) is 0 Å². The Labute approximate surface area is 115 Å². The van der Waals surface area contributed by atoms with Crippen LogP contribution in [0, 0.1) is 5.82 Å². The van der Waals surface area contributed by atoms with Crippen LogP contribution >= 0.6 is 15.9 Å². The number of rotatable bonds is 3. The first-order chi connectivity index (χ1) is 8.65. The summed E-state index contributed by atoms with van der Waals surface area (Å²) >= 11 is 3.29. The Kier molecular flexibility index (Phi) is 4.75. The van der Waals surface area contributed by atoms with E-state index in [-0.39, 0.29) is 24.2 Å². The first kappa shape index (κ1) is 13.5. The van der Waals surface area contributed by atoms with E-state index in [9.17, 15) is 9.18 Å². The maximum absolute atomic E-state index is 13.5. The van der Waals surface area contributed by atoms with E-state index in [1.54, 1.807) is 12.1 Å². The highest BCUT2D eigenvalue weighted by molar-refractivity contribution is 9.10. The number of benzene rings is 1. The third-order valence-corrected chi connectivity index (χ3v) is 3.82. The largest absolute Gasteiger partial charge is 0.353 e. The molecule has 98 valence electrons. The van der Waals surface area contributed by atoms with Crippen LogP contribution in [0.1, 0.15) is 37.7 Å². The number of hydrogen-bond donors (Lipinski definition) is 1. The van der Waals surface area contributed by atoms with Crippen molar-refractivity contribution >= 4 is 21.8 Å². The number of hydrogen-bond acceptors (Lipinski definition) is 1. The zero-order chi connectivity index (χ0) is 13.0. The molecule has 0 saturated heterocycles. The molecule has 1 aliphatic carbocycles. The van der Waals surface area contributed by atoms with Crippen LogP contribution in [0.15, 0.2) is 22.7 Å². The van der Waals surface area contributed by atoms with E-state index >= 15 is 0 Å². The van der Waals surface area contributed by atoms with E-state index in [2.05, 4.69) is 21.2 Å². The zero-order valence-electron chi connectivity index (χ0n) is 10.2. The van der Waals surface area contributed by atoms with Crippen molar-refractivity contribution in [3.8, 4) is 0 Å². The van der Waals surface area contributed by atoms with Crippen molar-refractivity contribution < 1.29 is 9.18 Å². The van der Waals surface area contributed by atoms with Gasteiger partial charge in [-0.1, -0.05) is 35.2 Å². The van der Waals surface area contributed by atoms with Crippen molar-refractivity contribution in [2.75, 3.05) is 0 Å². The summed E-state index contributed by atoms with van der Waals surface area (Å²) in [5.41, 5.74) is 0.442. The molecule has 0 heterocycles. The highest BCUT2D eigenvalue weighted by Crippen LogP contribution is 2.19. The summed E-state index contributed by atoms with van der Waals surface area (Å²) in [6, 6.07) is 4.96. The Hall–Kier alpha value is -0.900. The normalized spacial score (nSPS) is 16.6. The van der Waals surface area contributed by atoms with Gasteiger partial charge >= 0.3 is 0 Å². The van der Waals surface area contributed by atoms with Crippen molar-refractivity contribution in [2.45, 2.75) is 44.6 Å². The predicted molar refractivity (Wildman–Crippen MR) is 72.8 cm³/mol. The van der Waals surface area contributed by atoms with Gasteiger partial charge in [-0.3, -0.25) is 4.79 Å². The minimum Gasteiger partial charge on any atom is -0.353 e. The molecule has 2 rings (SSSR count). The predicted octanol–water partition coefficient (Wildman–Crippen LogP) is 3.58. The molecule has 0 radical (unpaired) electrons. The van der Waals surface area contributed by atoms with Gasteiger partial charge in [0.05, 0.1) is 6.42 Å². The molecular weight excluding hydrogens is 297 g/mol. The maximum Gasteiger partial charge on any atom is 0.224 e. The monoisotopic (exact) mass is 313 g/mol. The highest BCUT2D eigenvalue weighted by atomic mass is 79.9. The van der Waals surface area contributed by atoms with E-state index in [1.165, 1.54) is 25.3 Å². The standard InChI is InChI=1S/C14H17BrFNO/c15-11-6-7-13(16)10(8-11)9-14(18)17-12-4-2-1-3-5-12/h6-8,12H,1-5,9H2,(H,17,18). The van der Waals surface area contributed by atoms with Crippen LogP contribution in [-0.2, 0) is 11.2 Å². The molecule has 2 nitrogen and oxygen atoms in total. The van der Waals surface area contributed by atoms with Crippen molar-refractivity contribution in [1.82, 2.24) is 5.32 Å². The summed E-state index contributed by atoms with van der Waals surface area (Å²) in [5, 5.41) is 2.99. The molecule has 4 heteroatoms. The van der Waals surface area contributed by atoms with Crippen LogP contribution in [-0.4, -0.2) is 11.9 Å². The number of nitrogens with one attached hydrogen (secondary N) is 1. The fourth-order valence-electron chi connectivity index (χ4n) is 2.38. The molecule has 18 heavy (non-hydrogen) atoms. The van der Waals surface area contributed by atoms with E-state index < -0.39 is 0 Å². The first-order valence-electron chi connectivity index (χ1n) is 6.38. The molecule has 1 aromatic carbocycles. The molecule has 0 unspecified atom stereocenters. The average Bonchev–Trinajstić information content (AvgIpc) is 2.35. The molecule has 1 amide bonds. The Bertz CT molecular complexity index is 430. The minimum absolute atomic E-state index is 0.0844. The summed E-state index contributed by atoms with van der Waals surface area (Å²) in [5.74, 6) is -0.407. The smallest absolute Gasteiger partial charge is 0.224 e. The van der Waals surface area contributed by atoms with Crippen LogP contribution in [0.25, 0.3) is 0 Å². The number of carbonyl (C=O) groups is 1. The van der Waals surface area contributed by atoms with Gasteiger partial charge in [0.1, 0.15) is 5.82 Å². The lowest BCUT2D eigenvalue weighted by Crippen LogP contribution is -2.37. The van der Waals surface area contributed by atoms with Crippen LogP contribution in [0.4, 0.5) is 4.39 Å². The second kappa shape index (κ2) is 6.32. The zero-order valence-corrected chi connectivity index (χ0v) is 11.8. The lowest BCUT2D eigenvalue weighted by atomic mass is 9.95.